The van der Waals surface area contributed by atoms with Crippen LogP contribution in [0.4, 0.5) is 26.3 Å². The zero-order valence-corrected chi connectivity index (χ0v) is 13.3. The van der Waals surface area contributed by atoms with Crippen molar-refractivity contribution in [2.75, 3.05) is 0 Å². The summed E-state index contributed by atoms with van der Waals surface area (Å²) < 4.78 is 101. The normalized spacial score (nSPS) is 12.9. The van der Waals surface area contributed by atoms with Crippen LogP contribution in [0.5, 0.6) is 5.75 Å². The monoisotopic (exact) mass is 384 g/mol. The standard InChI is InChI=1S/C15H10F6O3S/c1-9-12(10-5-7-11(8-6-10)14(16,17)18)3-2-4-13(9)24-25(22,23)15(19,20)21/h2-8H,1H3. The molecule has 0 saturated carbocycles. The Kier molecular flexibility index (Phi) is 4.77. The molecule has 0 amide bonds. The Morgan fingerprint density at radius 1 is 0.880 bits per heavy atom. The SMILES string of the molecule is Cc1c(OS(=O)(=O)C(F)(F)F)cccc1-c1ccc(C(F)(F)F)cc1. The molecule has 0 bridgehead atoms. The predicted octanol–water partition coefficient (Wildman–Crippen LogP) is 4.91. The maximum atomic E-state index is 12.6. The summed E-state index contributed by atoms with van der Waals surface area (Å²) in [5, 5.41) is 0. The Balaban J connectivity index is 2.42. The van der Waals surface area contributed by atoms with Crippen LogP contribution in [0.2, 0.25) is 0 Å². The second-order valence-corrected chi connectivity index (χ2v) is 6.52. The Labute approximate surface area is 139 Å². The highest BCUT2D eigenvalue weighted by molar-refractivity contribution is 7.88. The van der Waals surface area contributed by atoms with Gasteiger partial charge in [-0.05, 0) is 36.2 Å². The first kappa shape index (κ1) is 19.1. The molecule has 25 heavy (non-hydrogen) atoms. The van der Waals surface area contributed by atoms with Crippen LogP contribution < -0.4 is 4.18 Å². The third-order valence-corrected chi connectivity index (χ3v) is 4.26. The Hall–Kier alpha value is -2.23. The number of hydrogen-bond acceptors (Lipinski definition) is 3. The molecule has 2 aromatic carbocycles. The molecule has 0 radical (unpaired) electrons. The topological polar surface area (TPSA) is 43.4 Å². The van der Waals surface area contributed by atoms with Crippen LogP contribution in [0, 0.1) is 6.92 Å². The van der Waals surface area contributed by atoms with E-state index >= 15 is 0 Å². The Morgan fingerprint density at radius 2 is 1.44 bits per heavy atom. The fraction of sp³-hybridized carbons (Fsp3) is 0.200. The van der Waals surface area contributed by atoms with E-state index in [1.54, 1.807) is 0 Å². The summed E-state index contributed by atoms with van der Waals surface area (Å²) in [7, 11) is -5.85. The smallest absolute Gasteiger partial charge is 0.376 e. The van der Waals surface area contributed by atoms with Gasteiger partial charge in [0.05, 0.1) is 5.56 Å². The van der Waals surface area contributed by atoms with E-state index in [4.69, 9.17) is 0 Å². The van der Waals surface area contributed by atoms with Crippen molar-refractivity contribution in [3.63, 3.8) is 0 Å². The van der Waals surface area contributed by atoms with E-state index in [-0.39, 0.29) is 16.7 Å². The van der Waals surface area contributed by atoms with Gasteiger partial charge in [-0.2, -0.15) is 34.8 Å². The molecule has 0 saturated heterocycles. The van der Waals surface area contributed by atoms with Gasteiger partial charge in [-0.15, -0.1) is 0 Å². The minimum atomic E-state index is -5.85. The molecule has 0 aliphatic rings. The fourth-order valence-corrected chi connectivity index (χ4v) is 2.53. The highest BCUT2D eigenvalue weighted by Crippen LogP contribution is 2.35. The number of rotatable bonds is 3. The molecule has 2 rings (SSSR count). The molecule has 0 heterocycles. The van der Waals surface area contributed by atoms with Crippen molar-refractivity contribution in [1.29, 1.82) is 0 Å². The fourth-order valence-electron chi connectivity index (χ4n) is 2.02. The van der Waals surface area contributed by atoms with Gasteiger partial charge in [0.1, 0.15) is 5.75 Å². The summed E-state index contributed by atoms with van der Waals surface area (Å²) in [6.45, 7) is 1.30. The van der Waals surface area contributed by atoms with Crippen molar-refractivity contribution < 1.29 is 38.9 Å². The van der Waals surface area contributed by atoms with Crippen LogP contribution in [0.25, 0.3) is 11.1 Å². The van der Waals surface area contributed by atoms with Gasteiger partial charge < -0.3 is 4.18 Å². The van der Waals surface area contributed by atoms with Crippen molar-refractivity contribution in [3.8, 4) is 16.9 Å². The van der Waals surface area contributed by atoms with Crippen LogP contribution in [-0.2, 0) is 16.3 Å². The third-order valence-electron chi connectivity index (χ3n) is 3.29. The second kappa shape index (κ2) is 6.25. The molecular formula is C15H10F6O3S. The van der Waals surface area contributed by atoms with Gasteiger partial charge in [0.25, 0.3) is 0 Å². The van der Waals surface area contributed by atoms with Gasteiger partial charge in [0.2, 0.25) is 0 Å². The van der Waals surface area contributed by atoms with Gasteiger partial charge in [-0.25, -0.2) is 0 Å². The largest absolute Gasteiger partial charge is 0.534 e. The van der Waals surface area contributed by atoms with Crippen LogP contribution in [0.15, 0.2) is 42.5 Å². The molecule has 0 unspecified atom stereocenters. The summed E-state index contributed by atoms with van der Waals surface area (Å²) in [6, 6.07) is 7.57. The molecule has 0 atom stereocenters. The lowest BCUT2D eigenvalue weighted by Gasteiger charge is -2.14. The van der Waals surface area contributed by atoms with E-state index in [1.165, 1.54) is 19.1 Å². The van der Waals surface area contributed by atoms with E-state index in [0.29, 0.717) is 0 Å². The molecule has 10 heteroatoms. The quantitative estimate of drug-likeness (QED) is 0.429. The van der Waals surface area contributed by atoms with E-state index < -0.39 is 33.1 Å². The summed E-state index contributed by atoms with van der Waals surface area (Å²) >= 11 is 0. The minimum absolute atomic E-state index is 0.0371. The highest BCUT2D eigenvalue weighted by atomic mass is 32.2. The Morgan fingerprint density at radius 3 is 1.92 bits per heavy atom. The lowest BCUT2D eigenvalue weighted by molar-refractivity contribution is -0.137. The summed E-state index contributed by atoms with van der Waals surface area (Å²) in [5.41, 5.74) is -5.94. The predicted molar refractivity (Wildman–Crippen MR) is 77.2 cm³/mol. The zero-order chi connectivity index (χ0) is 19.0. The third kappa shape index (κ3) is 4.06. The van der Waals surface area contributed by atoms with Gasteiger partial charge in [0, 0.05) is 5.56 Å². The second-order valence-electron chi connectivity index (χ2n) is 4.99. The molecule has 136 valence electrons. The first-order chi connectivity index (χ1) is 11.3. The lowest BCUT2D eigenvalue weighted by Crippen LogP contribution is -2.28. The molecular weight excluding hydrogens is 374 g/mol. The summed E-state index contributed by atoms with van der Waals surface area (Å²) in [5.74, 6) is -0.560. The molecule has 0 N–H and O–H groups in total. The number of alkyl halides is 6. The van der Waals surface area contributed by atoms with Gasteiger partial charge in [0.15, 0.2) is 0 Å². The van der Waals surface area contributed by atoms with Crippen molar-refractivity contribution in [3.05, 3.63) is 53.6 Å². The molecule has 0 fully saturated rings. The van der Waals surface area contributed by atoms with E-state index in [1.807, 2.05) is 0 Å². The molecule has 0 aliphatic carbocycles. The first-order valence-corrected chi connectivity index (χ1v) is 8.02. The zero-order valence-electron chi connectivity index (χ0n) is 12.4. The van der Waals surface area contributed by atoms with Gasteiger partial charge >= 0.3 is 21.8 Å². The van der Waals surface area contributed by atoms with Gasteiger partial charge in [-0.3, -0.25) is 0 Å². The highest BCUT2D eigenvalue weighted by Gasteiger charge is 2.48. The van der Waals surface area contributed by atoms with Crippen LogP contribution >= 0.6 is 0 Å². The minimum Gasteiger partial charge on any atom is -0.376 e. The average Bonchev–Trinajstić information content (AvgIpc) is 2.47. The molecule has 3 nitrogen and oxygen atoms in total. The summed E-state index contributed by atoms with van der Waals surface area (Å²) in [4.78, 5) is 0. The maximum absolute atomic E-state index is 12.6. The van der Waals surface area contributed by atoms with Crippen molar-refractivity contribution in [2.24, 2.45) is 0 Å². The Bertz CT molecular complexity index is 868. The number of benzene rings is 2. The molecule has 0 spiro atoms. The maximum Gasteiger partial charge on any atom is 0.534 e. The van der Waals surface area contributed by atoms with E-state index in [9.17, 15) is 34.8 Å². The lowest BCUT2D eigenvalue weighted by atomic mass is 9.99. The van der Waals surface area contributed by atoms with Crippen LogP contribution in [0.3, 0.4) is 0 Å². The molecule has 0 aliphatic heterocycles. The van der Waals surface area contributed by atoms with E-state index in [2.05, 4.69) is 4.18 Å². The van der Waals surface area contributed by atoms with Gasteiger partial charge in [-0.1, -0.05) is 24.3 Å². The first-order valence-electron chi connectivity index (χ1n) is 6.61. The van der Waals surface area contributed by atoms with E-state index in [0.717, 1.165) is 30.3 Å². The van der Waals surface area contributed by atoms with Crippen molar-refractivity contribution in [1.82, 2.24) is 0 Å². The number of hydrogen-bond donors (Lipinski definition) is 0. The summed E-state index contributed by atoms with van der Waals surface area (Å²) in [6.07, 6.45) is -4.53. The molecule has 2 aromatic rings. The molecule has 0 aromatic heterocycles. The van der Waals surface area contributed by atoms with Crippen LogP contribution in [0.1, 0.15) is 11.1 Å². The van der Waals surface area contributed by atoms with Crippen molar-refractivity contribution in [2.45, 2.75) is 18.6 Å². The number of halogens is 6. The van der Waals surface area contributed by atoms with Crippen molar-refractivity contribution >= 4 is 10.1 Å². The van der Waals surface area contributed by atoms with Crippen LogP contribution in [-0.4, -0.2) is 13.9 Å². The average molecular weight is 384 g/mol.